The minimum atomic E-state index is -0.780. The summed E-state index contributed by atoms with van der Waals surface area (Å²) in [4.78, 5) is 12.3. The molecule has 0 bridgehead atoms. The van der Waals surface area contributed by atoms with E-state index >= 15 is 0 Å². The van der Waals surface area contributed by atoms with Gasteiger partial charge in [-0.2, -0.15) is 0 Å². The third kappa shape index (κ3) is 4.17. The van der Waals surface area contributed by atoms with Gasteiger partial charge in [-0.05, 0) is 31.9 Å². The zero-order valence-corrected chi connectivity index (χ0v) is 14.5. The molecule has 1 aromatic carbocycles. The second-order valence-corrected chi connectivity index (χ2v) is 6.58. The Morgan fingerprint density at radius 2 is 2.04 bits per heavy atom. The molecule has 25 heavy (non-hydrogen) atoms. The number of para-hydroxylation sites is 1. The van der Waals surface area contributed by atoms with Crippen LogP contribution in [0.4, 0.5) is 10.5 Å². The number of rotatable bonds is 5. The van der Waals surface area contributed by atoms with Gasteiger partial charge in [0.1, 0.15) is 6.33 Å². The Bertz CT molecular complexity index is 722. The molecule has 7 heteroatoms. The van der Waals surface area contributed by atoms with Gasteiger partial charge in [-0.3, -0.25) is 0 Å². The second kappa shape index (κ2) is 7.65. The molecule has 0 atom stereocenters. The van der Waals surface area contributed by atoms with Crippen LogP contribution in [0.25, 0.3) is 11.4 Å². The smallest absolute Gasteiger partial charge is 0.319 e. The standard InChI is InChI=1S/C18H25N5O2/c1-2-23-13-20-22-16(23)14-8-4-5-9-15(14)21-17(24)19-12-18(25)10-6-3-7-11-18/h4-5,8-9,13,25H,2-3,6-7,10-12H2,1H3,(H2,19,21,24). The highest BCUT2D eigenvalue weighted by Crippen LogP contribution is 2.28. The molecule has 1 aliphatic rings. The van der Waals surface area contributed by atoms with E-state index in [0.717, 1.165) is 44.2 Å². The van der Waals surface area contributed by atoms with Crippen molar-refractivity contribution in [3.05, 3.63) is 30.6 Å². The lowest BCUT2D eigenvalue weighted by Gasteiger charge is -2.32. The number of aryl methyl sites for hydroxylation is 1. The van der Waals surface area contributed by atoms with Crippen molar-refractivity contribution in [1.29, 1.82) is 0 Å². The van der Waals surface area contributed by atoms with Crippen molar-refractivity contribution in [3.63, 3.8) is 0 Å². The number of nitrogens with zero attached hydrogens (tertiary/aromatic N) is 3. The van der Waals surface area contributed by atoms with Gasteiger partial charge >= 0.3 is 6.03 Å². The number of nitrogens with one attached hydrogen (secondary N) is 2. The van der Waals surface area contributed by atoms with E-state index in [0.29, 0.717) is 11.5 Å². The summed E-state index contributed by atoms with van der Waals surface area (Å²) in [7, 11) is 0. The van der Waals surface area contributed by atoms with Crippen LogP contribution in [0.5, 0.6) is 0 Å². The lowest BCUT2D eigenvalue weighted by atomic mass is 9.85. The summed E-state index contributed by atoms with van der Waals surface area (Å²) in [6, 6.07) is 7.17. The minimum Gasteiger partial charge on any atom is -0.388 e. The van der Waals surface area contributed by atoms with Gasteiger partial charge in [0.15, 0.2) is 5.82 Å². The molecule has 1 aliphatic carbocycles. The Balaban J connectivity index is 1.68. The first kappa shape index (κ1) is 17.4. The zero-order chi connectivity index (χ0) is 17.7. The first-order chi connectivity index (χ1) is 12.1. The Morgan fingerprint density at radius 1 is 1.28 bits per heavy atom. The van der Waals surface area contributed by atoms with Gasteiger partial charge < -0.3 is 20.3 Å². The summed E-state index contributed by atoms with van der Waals surface area (Å²) in [6.07, 6.45) is 6.32. The van der Waals surface area contributed by atoms with Gasteiger partial charge in [-0.15, -0.1) is 10.2 Å². The topological polar surface area (TPSA) is 92.1 Å². The number of aliphatic hydroxyl groups is 1. The SMILES string of the molecule is CCn1cnnc1-c1ccccc1NC(=O)NCC1(O)CCCCC1. The first-order valence-corrected chi connectivity index (χ1v) is 8.86. The molecule has 1 heterocycles. The van der Waals surface area contributed by atoms with Crippen LogP contribution in [-0.4, -0.2) is 38.0 Å². The summed E-state index contributed by atoms with van der Waals surface area (Å²) in [5.41, 5.74) is 0.698. The van der Waals surface area contributed by atoms with Gasteiger partial charge in [0.2, 0.25) is 0 Å². The van der Waals surface area contributed by atoms with Crippen molar-refractivity contribution in [2.24, 2.45) is 0 Å². The van der Waals surface area contributed by atoms with Crippen LogP contribution in [0.1, 0.15) is 39.0 Å². The number of amides is 2. The molecule has 0 aliphatic heterocycles. The largest absolute Gasteiger partial charge is 0.388 e. The summed E-state index contributed by atoms with van der Waals surface area (Å²) in [6.45, 7) is 3.03. The van der Waals surface area contributed by atoms with Crippen molar-refractivity contribution in [2.45, 2.75) is 51.2 Å². The van der Waals surface area contributed by atoms with E-state index in [4.69, 9.17) is 0 Å². The molecular formula is C18H25N5O2. The van der Waals surface area contributed by atoms with Gasteiger partial charge in [-0.1, -0.05) is 31.4 Å². The average molecular weight is 343 g/mol. The fourth-order valence-corrected chi connectivity index (χ4v) is 3.28. The quantitative estimate of drug-likeness (QED) is 0.778. The number of hydrogen-bond acceptors (Lipinski definition) is 4. The summed E-state index contributed by atoms with van der Waals surface area (Å²) < 4.78 is 1.92. The number of anilines is 1. The molecule has 1 fully saturated rings. The van der Waals surface area contributed by atoms with E-state index in [1.807, 2.05) is 35.8 Å². The lowest BCUT2D eigenvalue weighted by Crippen LogP contribution is -2.45. The number of benzene rings is 1. The highest BCUT2D eigenvalue weighted by Gasteiger charge is 2.29. The Kier molecular flexibility index (Phi) is 5.33. The molecule has 0 unspecified atom stereocenters. The Labute approximate surface area is 147 Å². The summed E-state index contributed by atoms with van der Waals surface area (Å²) in [5, 5.41) is 24.3. The lowest BCUT2D eigenvalue weighted by molar-refractivity contribution is 0.00755. The maximum absolute atomic E-state index is 12.3. The molecule has 0 saturated heterocycles. The first-order valence-electron chi connectivity index (χ1n) is 8.86. The normalized spacial score (nSPS) is 16.4. The number of aromatic nitrogens is 3. The molecular weight excluding hydrogens is 318 g/mol. The van der Waals surface area contributed by atoms with Crippen LogP contribution >= 0.6 is 0 Å². The molecule has 7 nitrogen and oxygen atoms in total. The predicted octanol–water partition coefficient (Wildman–Crippen LogP) is 2.78. The van der Waals surface area contributed by atoms with Crippen LogP contribution in [-0.2, 0) is 6.54 Å². The van der Waals surface area contributed by atoms with Crippen LogP contribution in [0, 0.1) is 0 Å². The van der Waals surface area contributed by atoms with Crippen molar-refractivity contribution in [2.75, 3.05) is 11.9 Å². The van der Waals surface area contributed by atoms with Crippen molar-refractivity contribution < 1.29 is 9.90 Å². The molecule has 3 rings (SSSR count). The minimum absolute atomic E-state index is 0.270. The van der Waals surface area contributed by atoms with Crippen LogP contribution in [0.3, 0.4) is 0 Å². The highest BCUT2D eigenvalue weighted by molar-refractivity contribution is 5.93. The average Bonchev–Trinajstić information content (AvgIpc) is 3.10. The second-order valence-electron chi connectivity index (χ2n) is 6.58. The molecule has 0 spiro atoms. The van der Waals surface area contributed by atoms with E-state index in [-0.39, 0.29) is 12.6 Å². The van der Waals surface area contributed by atoms with E-state index in [2.05, 4.69) is 20.8 Å². The molecule has 134 valence electrons. The number of carbonyl (C=O) groups is 1. The van der Waals surface area contributed by atoms with Crippen LogP contribution in [0.2, 0.25) is 0 Å². The molecule has 1 aromatic heterocycles. The molecule has 2 aromatic rings. The van der Waals surface area contributed by atoms with Crippen molar-refractivity contribution in [1.82, 2.24) is 20.1 Å². The number of urea groups is 1. The third-order valence-corrected chi connectivity index (χ3v) is 4.73. The summed E-state index contributed by atoms with van der Waals surface area (Å²) in [5.74, 6) is 0.712. The Hall–Kier alpha value is -2.41. The van der Waals surface area contributed by atoms with E-state index in [1.54, 1.807) is 6.33 Å². The fraction of sp³-hybridized carbons (Fsp3) is 0.500. The van der Waals surface area contributed by atoms with Crippen LogP contribution < -0.4 is 10.6 Å². The van der Waals surface area contributed by atoms with Gasteiger partial charge in [-0.25, -0.2) is 4.79 Å². The fourth-order valence-electron chi connectivity index (χ4n) is 3.28. The predicted molar refractivity (Wildman–Crippen MR) is 96.2 cm³/mol. The number of hydrogen-bond donors (Lipinski definition) is 3. The van der Waals surface area contributed by atoms with Gasteiger partial charge in [0.05, 0.1) is 11.3 Å². The van der Waals surface area contributed by atoms with E-state index < -0.39 is 5.60 Å². The maximum atomic E-state index is 12.3. The maximum Gasteiger partial charge on any atom is 0.319 e. The molecule has 3 N–H and O–H groups in total. The zero-order valence-electron chi connectivity index (χ0n) is 14.5. The van der Waals surface area contributed by atoms with Crippen molar-refractivity contribution >= 4 is 11.7 Å². The Morgan fingerprint density at radius 3 is 2.80 bits per heavy atom. The van der Waals surface area contributed by atoms with Gasteiger partial charge in [0.25, 0.3) is 0 Å². The molecule has 0 radical (unpaired) electrons. The van der Waals surface area contributed by atoms with Gasteiger partial charge in [0, 0.05) is 18.7 Å². The summed E-state index contributed by atoms with van der Waals surface area (Å²) >= 11 is 0. The van der Waals surface area contributed by atoms with E-state index in [9.17, 15) is 9.90 Å². The highest BCUT2D eigenvalue weighted by atomic mass is 16.3. The molecule has 1 saturated carbocycles. The van der Waals surface area contributed by atoms with E-state index in [1.165, 1.54) is 0 Å². The monoisotopic (exact) mass is 343 g/mol. The molecule has 2 amide bonds. The van der Waals surface area contributed by atoms with Crippen molar-refractivity contribution in [3.8, 4) is 11.4 Å². The number of carbonyl (C=O) groups excluding carboxylic acids is 1. The van der Waals surface area contributed by atoms with Crippen LogP contribution in [0.15, 0.2) is 30.6 Å². The third-order valence-electron chi connectivity index (χ3n) is 4.73.